The van der Waals surface area contributed by atoms with Crippen molar-refractivity contribution in [2.75, 3.05) is 11.9 Å². The summed E-state index contributed by atoms with van der Waals surface area (Å²) in [6, 6.07) is 5.70. The van der Waals surface area contributed by atoms with Gasteiger partial charge in [0.2, 0.25) is 0 Å². The molecule has 1 aromatic carbocycles. The number of nitrogens with one attached hydrogen (secondary N) is 1. The molecular formula is C15H19BrN2O3. The lowest BCUT2D eigenvalue weighted by molar-refractivity contribution is -0.384. The molecule has 1 fully saturated rings. The predicted molar refractivity (Wildman–Crippen MR) is 84.7 cm³/mol. The number of nitro groups is 1. The number of nitrogens with zero attached hydrogens (tertiary/aromatic N) is 1. The van der Waals surface area contributed by atoms with E-state index in [4.69, 9.17) is 0 Å². The lowest BCUT2D eigenvalue weighted by Crippen LogP contribution is -2.40. The second-order valence-electron chi connectivity index (χ2n) is 5.68. The van der Waals surface area contributed by atoms with Crippen LogP contribution in [-0.4, -0.2) is 22.7 Å². The van der Waals surface area contributed by atoms with E-state index in [0.717, 1.165) is 18.2 Å². The number of amides is 1. The highest BCUT2D eigenvalue weighted by molar-refractivity contribution is 9.09. The first-order valence-corrected chi connectivity index (χ1v) is 8.27. The van der Waals surface area contributed by atoms with Gasteiger partial charge in [-0.15, -0.1) is 0 Å². The number of hydrogen-bond acceptors (Lipinski definition) is 3. The summed E-state index contributed by atoms with van der Waals surface area (Å²) < 4.78 is 0. The monoisotopic (exact) mass is 354 g/mol. The van der Waals surface area contributed by atoms with E-state index in [1.165, 1.54) is 43.5 Å². The predicted octanol–water partition coefficient (Wildman–Crippen LogP) is 3.67. The van der Waals surface area contributed by atoms with Crippen LogP contribution in [-0.2, 0) is 0 Å². The van der Waals surface area contributed by atoms with Crippen LogP contribution < -0.4 is 5.32 Å². The summed E-state index contributed by atoms with van der Waals surface area (Å²) in [4.78, 5) is 22.3. The van der Waals surface area contributed by atoms with Crippen LogP contribution in [0.5, 0.6) is 0 Å². The maximum Gasteiger partial charge on any atom is 0.269 e. The van der Waals surface area contributed by atoms with Crippen LogP contribution in [0, 0.1) is 15.5 Å². The van der Waals surface area contributed by atoms with E-state index in [9.17, 15) is 14.9 Å². The molecule has 6 heteroatoms. The van der Waals surface area contributed by atoms with E-state index in [-0.39, 0.29) is 17.0 Å². The van der Waals surface area contributed by atoms with Gasteiger partial charge in [0, 0.05) is 29.6 Å². The third kappa shape index (κ3) is 4.03. The van der Waals surface area contributed by atoms with E-state index in [1.807, 2.05) is 0 Å². The van der Waals surface area contributed by atoms with Gasteiger partial charge in [0.15, 0.2) is 0 Å². The lowest BCUT2D eigenvalue weighted by atomic mass is 9.75. The Morgan fingerprint density at radius 2 is 1.86 bits per heavy atom. The van der Waals surface area contributed by atoms with Crippen LogP contribution in [0.4, 0.5) is 5.69 Å². The average Bonchev–Trinajstić information content (AvgIpc) is 2.53. The molecule has 21 heavy (non-hydrogen) atoms. The molecule has 1 aliphatic carbocycles. The number of halogens is 1. The number of non-ortho nitro benzene ring substituents is 1. The van der Waals surface area contributed by atoms with Gasteiger partial charge in [0.05, 0.1) is 4.92 Å². The topological polar surface area (TPSA) is 72.2 Å². The molecule has 0 radical (unpaired) electrons. The first-order valence-electron chi connectivity index (χ1n) is 7.15. The van der Waals surface area contributed by atoms with Crippen LogP contribution in [0.2, 0.25) is 0 Å². The molecule has 2 rings (SSSR count). The summed E-state index contributed by atoms with van der Waals surface area (Å²) in [5, 5.41) is 14.5. The molecule has 1 N–H and O–H groups in total. The number of nitro benzene ring substituents is 1. The number of carbonyl (C=O) groups excluding carboxylic acids is 1. The van der Waals surface area contributed by atoms with Crippen molar-refractivity contribution in [2.24, 2.45) is 5.41 Å². The van der Waals surface area contributed by atoms with Crippen molar-refractivity contribution in [1.82, 2.24) is 5.32 Å². The minimum Gasteiger partial charge on any atom is -0.351 e. The van der Waals surface area contributed by atoms with E-state index in [0.29, 0.717) is 12.1 Å². The molecule has 0 heterocycles. The smallest absolute Gasteiger partial charge is 0.269 e. The quantitative estimate of drug-likeness (QED) is 0.498. The molecule has 114 valence electrons. The molecule has 1 aromatic rings. The summed E-state index contributed by atoms with van der Waals surface area (Å²) >= 11 is 3.57. The Kier molecular flexibility index (Phi) is 5.33. The Morgan fingerprint density at radius 3 is 2.38 bits per heavy atom. The standard InChI is InChI=1S/C15H19BrN2O3/c16-10-15(8-2-1-3-9-15)11-17-14(19)12-4-6-13(7-5-12)18(20)21/h4-7H,1-3,8-11H2,(H,17,19). The van der Waals surface area contributed by atoms with Gasteiger partial charge >= 0.3 is 0 Å². The van der Waals surface area contributed by atoms with Gasteiger partial charge in [-0.2, -0.15) is 0 Å². The van der Waals surface area contributed by atoms with Gasteiger partial charge in [-0.25, -0.2) is 0 Å². The molecule has 1 aliphatic rings. The van der Waals surface area contributed by atoms with Crippen molar-refractivity contribution in [3.63, 3.8) is 0 Å². The molecule has 0 spiro atoms. The van der Waals surface area contributed by atoms with Crippen molar-refractivity contribution >= 4 is 27.5 Å². The van der Waals surface area contributed by atoms with E-state index >= 15 is 0 Å². The summed E-state index contributed by atoms with van der Waals surface area (Å²) in [7, 11) is 0. The zero-order valence-electron chi connectivity index (χ0n) is 11.8. The van der Waals surface area contributed by atoms with Crippen molar-refractivity contribution in [1.29, 1.82) is 0 Å². The maximum atomic E-state index is 12.1. The SMILES string of the molecule is O=C(NCC1(CBr)CCCCC1)c1ccc([N+](=O)[O-])cc1. The zero-order chi connectivity index (χ0) is 15.3. The van der Waals surface area contributed by atoms with E-state index < -0.39 is 4.92 Å². The van der Waals surface area contributed by atoms with Gasteiger partial charge in [-0.1, -0.05) is 35.2 Å². The summed E-state index contributed by atoms with van der Waals surface area (Å²) in [6.07, 6.45) is 5.93. The molecular weight excluding hydrogens is 336 g/mol. The van der Waals surface area contributed by atoms with Crippen LogP contribution >= 0.6 is 15.9 Å². The zero-order valence-corrected chi connectivity index (χ0v) is 13.4. The van der Waals surface area contributed by atoms with Gasteiger partial charge in [0.1, 0.15) is 0 Å². The number of alkyl halides is 1. The van der Waals surface area contributed by atoms with Crippen LogP contribution in [0.25, 0.3) is 0 Å². The molecule has 0 bridgehead atoms. The highest BCUT2D eigenvalue weighted by atomic mass is 79.9. The van der Waals surface area contributed by atoms with Crippen molar-refractivity contribution in [3.05, 3.63) is 39.9 Å². The molecule has 5 nitrogen and oxygen atoms in total. The highest BCUT2D eigenvalue weighted by Gasteiger charge is 2.31. The number of rotatable bonds is 5. The number of hydrogen-bond donors (Lipinski definition) is 1. The molecule has 0 aromatic heterocycles. The fourth-order valence-electron chi connectivity index (χ4n) is 2.76. The second kappa shape index (κ2) is 7.02. The van der Waals surface area contributed by atoms with E-state index in [2.05, 4.69) is 21.2 Å². The maximum absolute atomic E-state index is 12.1. The average molecular weight is 355 g/mol. The minimum atomic E-state index is -0.469. The fraction of sp³-hybridized carbons (Fsp3) is 0.533. The molecule has 1 amide bonds. The number of benzene rings is 1. The first kappa shape index (κ1) is 15.9. The lowest BCUT2D eigenvalue weighted by Gasteiger charge is -2.35. The third-order valence-corrected chi connectivity index (χ3v) is 5.35. The first-order chi connectivity index (χ1) is 10.1. The Hall–Kier alpha value is -1.43. The van der Waals surface area contributed by atoms with Gasteiger partial charge in [-0.3, -0.25) is 14.9 Å². The Balaban J connectivity index is 1.96. The molecule has 0 atom stereocenters. The summed E-state index contributed by atoms with van der Waals surface area (Å²) in [5.74, 6) is -0.171. The van der Waals surface area contributed by atoms with Gasteiger partial charge in [0.25, 0.3) is 11.6 Å². The van der Waals surface area contributed by atoms with Crippen molar-refractivity contribution in [2.45, 2.75) is 32.1 Å². The van der Waals surface area contributed by atoms with Gasteiger partial charge < -0.3 is 5.32 Å². The largest absolute Gasteiger partial charge is 0.351 e. The third-order valence-electron chi connectivity index (χ3n) is 4.16. The Morgan fingerprint density at radius 1 is 1.24 bits per heavy atom. The molecule has 0 aliphatic heterocycles. The number of carbonyl (C=O) groups is 1. The summed E-state index contributed by atoms with van der Waals surface area (Å²) in [6.45, 7) is 0.647. The second-order valence-corrected chi connectivity index (χ2v) is 6.24. The molecule has 0 unspecified atom stereocenters. The van der Waals surface area contributed by atoms with Crippen molar-refractivity contribution in [3.8, 4) is 0 Å². The van der Waals surface area contributed by atoms with Crippen LogP contribution in [0.3, 0.4) is 0 Å². The molecule has 0 saturated heterocycles. The van der Waals surface area contributed by atoms with Crippen molar-refractivity contribution < 1.29 is 9.72 Å². The molecule has 1 saturated carbocycles. The summed E-state index contributed by atoms with van der Waals surface area (Å²) in [5.41, 5.74) is 0.603. The van der Waals surface area contributed by atoms with Crippen LogP contribution in [0.1, 0.15) is 42.5 Å². The Labute approximate surface area is 132 Å². The Bertz CT molecular complexity index is 510. The highest BCUT2D eigenvalue weighted by Crippen LogP contribution is 2.37. The van der Waals surface area contributed by atoms with Crippen LogP contribution in [0.15, 0.2) is 24.3 Å². The minimum absolute atomic E-state index is 0.00393. The van der Waals surface area contributed by atoms with Gasteiger partial charge in [-0.05, 0) is 30.4 Å². The normalized spacial score (nSPS) is 17.2. The van der Waals surface area contributed by atoms with E-state index in [1.54, 1.807) is 0 Å². The fourth-order valence-corrected chi connectivity index (χ4v) is 3.52.